The largest absolute Gasteiger partial charge is 0.397 e. The summed E-state index contributed by atoms with van der Waals surface area (Å²) in [4.78, 5) is 1.76. The molecule has 0 saturated carbocycles. The number of hydrogen-bond acceptors (Lipinski definition) is 3. The third kappa shape index (κ3) is 2.79. The fraction of sp³-hybridized carbons (Fsp3) is 0.0714. The Morgan fingerprint density at radius 1 is 1.32 bits per heavy atom. The molecule has 0 amide bonds. The summed E-state index contributed by atoms with van der Waals surface area (Å²) >= 11 is 1.90. The van der Waals surface area contributed by atoms with Gasteiger partial charge in [0.15, 0.2) is 0 Å². The number of nitrogen functional groups attached to an aromatic ring is 1. The van der Waals surface area contributed by atoms with Crippen molar-refractivity contribution in [2.45, 2.75) is 0 Å². The fourth-order valence-electron chi connectivity index (χ4n) is 1.77. The van der Waals surface area contributed by atoms with Gasteiger partial charge >= 0.3 is 0 Å². The fourth-order valence-corrected chi connectivity index (χ4v) is 2.26. The van der Waals surface area contributed by atoms with Gasteiger partial charge in [0.2, 0.25) is 0 Å². The minimum absolute atomic E-state index is 0.312. The highest BCUT2D eigenvalue weighted by atomic mass is 127. The van der Waals surface area contributed by atoms with Crippen LogP contribution in [0, 0.1) is 20.7 Å². The lowest BCUT2D eigenvalue weighted by Gasteiger charge is -2.21. The van der Waals surface area contributed by atoms with Gasteiger partial charge in [-0.25, -0.2) is 4.39 Å². The van der Waals surface area contributed by atoms with Gasteiger partial charge in [0.05, 0.1) is 26.6 Å². The molecule has 0 fully saturated rings. The highest BCUT2D eigenvalue weighted by Gasteiger charge is 2.11. The van der Waals surface area contributed by atoms with Crippen molar-refractivity contribution < 1.29 is 4.39 Å². The van der Waals surface area contributed by atoms with E-state index in [1.165, 1.54) is 6.07 Å². The first-order valence-corrected chi connectivity index (χ1v) is 6.59. The van der Waals surface area contributed by atoms with E-state index in [2.05, 4.69) is 6.07 Å². The van der Waals surface area contributed by atoms with Crippen LogP contribution in [0.5, 0.6) is 0 Å². The van der Waals surface area contributed by atoms with Crippen LogP contribution >= 0.6 is 22.6 Å². The number of hydrogen-bond donors (Lipinski definition) is 1. The lowest BCUT2D eigenvalue weighted by atomic mass is 10.2. The maximum Gasteiger partial charge on any atom is 0.138 e. The summed E-state index contributed by atoms with van der Waals surface area (Å²) in [5.41, 5.74) is 8.33. The quantitative estimate of drug-likeness (QED) is 0.651. The Morgan fingerprint density at radius 2 is 2.05 bits per heavy atom. The second-order valence-electron chi connectivity index (χ2n) is 4.05. The number of halogens is 2. The Morgan fingerprint density at radius 3 is 2.74 bits per heavy atom. The molecule has 0 aromatic heterocycles. The van der Waals surface area contributed by atoms with Gasteiger partial charge < -0.3 is 10.6 Å². The zero-order chi connectivity index (χ0) is 14.0. The summed E-state index contributed by atoms with van der Waals surface area (Å²) in [6.07, 6.45) is 0. The summed E-state index contributed by atoms with van der Waals surface area (Å²) in [6, 6.07) is 12.1. The van der Waals surface area contributed by atoms with E-state index in [0.717, 1.165) is 5.69 Å². The molecule has 3 nitrogen and oxygen atoms in total. The molecule has 0 bridgehead atoms. The molecular formula is C14H11FIN3. The van der Waals surface area contributed by atoms with Crippen molar-refractivity contribution in [2.75, 3.05) is 17.7 Å². The van der Waals surface area contributed by atoms with Crippen LogP contribution in [0.1, 0.15) is 5.56 Å². The highest BCUT2D eigenvalue weighted by Crippen LogP contribution is 2.31. The van der Waals surface area contributed by atoms with Crippen molar-refractivity contribution in [2.24, 2.45) is 0 Å². The topological polar surface area (TPSA) is 53.0 Å². The molecule has 2 rings (SSSR count). The van der Waals surface area contributed by atoms with Gasteiger partial charge in [-0.15, -0.1) is 0 Å². The van der Waals surface area contributed by atoms with Crippen LogP contribution in [-0.4, -0.2) is 7.05 Å². The predicted octanol–water partition coefficient (Wildman–Crippen LogP) is 3.65. The molecule has 0 spiro atoms. The Labute approximate surface area is 124 Å². The highest BCUT2D eigenvalue weighted by molar-refractivity contribution is 14.1. The Balaban J connectivity index is 2.47. The molecule has 0 aliphatic rings. The van der Waals surface area contributed by atoms with Crippen LogP contribution in [-0.2, 0) is 0 Å². The van der Waals surface area contributed by atoms with Gasteiger partial charge in [0.25, 0.3) is 0 Å². The SMILES string of the molecule is CN(c1cccc(C#N)c1)c1cc(F)c(I)cc1N. The molecule has 2 aromatic rings. The van der Waals surface area contributed by atoms with E-state index in [4.69, 9.17) is 11.0 Å². The minimum atomic E-state index is -0.312. The number of nitrogens with two attached hydrogens (primary N) is 1. The van der Waals surface area contributed by atoms with Gasteiger partial charge in [0.1, 0.15) is 5.82 Å². The summed E-state index contributed by atoms with van der Waals surface area (Å²) in [7, 11) is 1.79. The first-order valence-electron chi connectivity index (χ1n) is 5.51. The molecule has 0 aliphatic carbocycles. The molecule has 0 atom stereocenters. The van der Waals surface area contributed by atoms with E-state index >= 15 is 0 Å². The Kier molecular flexibility index (Phi) is 3.90. The molecule has 0 aliphatic heterocycles. The maximum atomic E-state index is 13.6. The zero-order valence-corrected chi connectivity index (χ0v) is 12.3. The molecule has 5 heteroatoms. The third-order valence-electron chi connectivity index (χ3n) is 2.79. The molecular weight excluding hydrogens is 356 g/mol. The van der Waals surface area contributed by atoms with E-state index in [-0.39, 0.29) is 5.82 Å². The van der Waals surface area contributed by atoms with Gasteiger partial charge in [-0.2, -0.15) is 5.26 Å². The first-order chi connectivity index (χ1) is 9.02. The molecule has 0 saturated heterocycles. The molecule has 0 heterocycles. The van der Waals surface area contributed by atoms with Crippen LogP contribution < -0.4 is 10.6 Å². The Bertz CT molecular complexity index is 664. The first kappa shape index (κ1) is 13.6. The van der Waals surface area contributed by atoms with E-state index < -0.39 is 0 Å². The van der Waals surface area contributed by atoms with Gasteiger partial charge in [-0.05, 0) is 46.9 Å². The lowest BCUT2D eigenvalue weighted by Crippen LogP contribution is -2.12. The third-order valence-corrected chi connectivity index (χ3v) is 3.62. The number of rotatable bonds is 2. The lowest BCUT2D eigenvalue weighted by molar-refractivity contribution is 0.620. The Hall–Kier alpha value is -1.81. The number of anilines is 3. The van der Waals surface area contributed by atoms with Crippen molar-refractivity contribution in [3.63, 3.8) is 0 Å². The number of nitriles is 1. The minimum Gasteiger partial charge on any atom is -0.397 e. The van der Waals surface area contributed by atoms with E-state index in [1.807, 2.05) is 28.7 Å². The summed E-state index contributed by atoms with van der Waals surface area (Å²) in [5.74, 6) is -0.312. The van der Waals surface area contributed by atoms with Crippen LogP contribution in [0.15, 0.2) is 36.4 Å². The molecule has 2 N–H and O–H groups in total. The van der Waals surface area contributed by atoms with E-state index in [1.54, 1.807) is 36.2 Å². The van der Waals surface area contributed by atoms with E-state index in [0.29, 0.717) is 20.5 Å². The zero-order valence-electron chi connectivity index (χ0n) is 10.2. The number of nitrogens with zero attached hydrogens (tertiary/aromatic N) is 2. The summed E-state index contributed by atoms with van der Waals surface area (Å²) < 4.78 is 14.1. The van der Waals surface area contributed by atoms with Crippen LogP contribution in [0.4, 0.5) is 21.5 Å². The van der Waals surface area contributed by atoms with E-state index in [9.17, 15) is 4.39 Å². The number of benzene rings is 2. The smallest absolute Gasteiger partial charge is 0.138 e. The average Bonchev–Trinajstić information content (AvgIpc) is 2.42. The van der Waals surface area contributed by atoms with Crippen molar-refractivity contribution in [3.05, 3.63) is 51.3 Å². The molecule has 2 aromatic carbocycles. The van der Waals surface area contributed by atoms with Crippen molar-refractivity contribution in [1.82, 2.24) is 0 Å². The normalized spacial score (nSPS) is 10.0. The summed E-state index contributed by atoms with van der Waals surface area (Å²) in [6.45, 7) is 0. The average molecular weight is 367 g/mol. The predicted molar refractivity (Wildman–Crippen MR) is 82.7 cm³/mol. The van der Waals surface area contributed by atoms with Crippen LogP contribution in [0.3, 0.4) is 0 Å². The van der Waals surface area contributed by atoms with Gasteiger partial charge in [0, 0.05) is 18.8 Å². The van der Waals surface area contributed by atoms with Gasteiger partial charge in [-0.3, -0.25) is 0 Å². The molecule has 0 radical (unpaired) electrons. The molecule has 19 heavy (non-hydrogen) atoms. The van der Waals surface area contributed by atoms with Crippen LogP contribution in [0.25, 0.3) is 0 Å². The molecule has 0 unspecified atom stereocenters. The van der Waals surface area contributed by atoms with Crippen molar-refractivity contribution in [1.29, 1.82) is 5.26 Å². The van der Waals surface area contributed by atoms with Crippen LogP contribution in [0.2, 0.25) is 0 Å². The second kappa shape index (κ2) is 5.45. The maximum absolute atomic E-state index is 13.6. The summed E-state index contributed by atoms with van der Waals surface area (Å²) in [5, 5.41) is 8.90. The second-order valence-corrected chi connectivity index (χ2v) is 5.21. The molecule has 96 valence electrons. The van der Waals surface area contributed by atoms with Crippen molar-refractivity contribution >= 4 is 39.7 Å². The van der Waals surface area contributed by atoms with Gasteiger partial charge in [-0.1, -0.05) is 6.07 Å². The standard InChI is InChI=1S/C14H11FIN3/c1-19(10-4-2-3-9(5-10)8-17)14-6-11(15)12(16)7-13(14)18/h2-7H,18H2,1H3. The van der Waals surface area contributed by atoms with Crippen molar-refractivity contribution in [3.8, 4) is 6.07 Å². The monoisotopic (exact) mass is 367 g/mol.